The van der Waals surface area contributed by atoms with Crippen molar-refractivity contribution in [2.75, 3.05) is 0 Å². The summed E-state index contributed by atoms with van der Waals surface area (Å²) in [7, 11) is 0. The second-order valence-corrected chi connectivity index (χ2v) is 6.87. The van der Waals surface area contributed by atoms with E-state index in [9.17, 15) is 9.59 Å². The molecule has 0 bridgehead atoms. The highest BCUT2D eigenvalue weighted by atomic mass is 16.6. The highest BCUT2D eigenvalue weighted by molar-refractivity contribution is 6.09. The van der Waals surface area contributed by atoms with Crippen LogP contribution in [-0.2, 0) is 16.0 Å². The van der Waals surface area contributed by atoms with Gasteiger partial charge in [-0.05, 0) is 44.4 Å². The summed E-state index contributed by atoms with van der Waals surface area (Å²) in [5.41, 5.74) is 2.83. The molecule has 0 amide bonds. The molecule has 130 valence electrons. The van der Waals surface area contributed by atoms with E-state index in [1.54, 1.807) is 18.2 Å². The third kappa shape index (κ3) is 5.71. The fraction of sp³-hybridized carbons (Fsp3) is 0.273. The maximum Gasteiger partial charge on any atom is 0.331 e. The zero-order valence-corrected chi connectivity index (χ0v) is 15.2. The molecular weight excluding hydrogens is 312 g/mol. The Morgan fingerprint density at radius 2 is 1.44 bits per heavy atom. The van der Waals surface area contributed by atoms with Gasteiger partial charge in [-0.25, -0.2) is 4.79 Å². The van der Waals surface area contributed by atoms with Gasteiger partial charge in [-0.2, -0.15) is 0 Å². The molecule has 0 aliphatic carbocycles. The van der Waals surface area contributed by atoms with Crippen LogP contribution in [0, 0.1) is 0 Å². The average Bonchev–Trinajstić information content (AvgIpc) is 2.58. The second kappa shape index (κ2) is 7.93. The van der Waals surface area contributed by atoms with Crippen molar-refractivity contribution in [1.82, 2.24) is 0 Å². The molecule has 0 aliphatic heterocycles. The summed E-state index contributed by atoms with van der Waals surface area (Å²) in [6.45, 7) is 7.56. The summed E-state index contributed by atoms with van der Waals surface area (Å²) < 4.78 is 5.22. The lowest BCUT2D eigenvalue weighted by Crippen LogP contribution is -2.22. The molecule has 0 fully saturated rings. The lowest BCUT2D eigenvalue weighted by Gasteiger charge is -2.17. The molecule has 0 spiro atoms. The first-order valence-corrected chi connectivity index (χ1v) is 8.43. The van der Waals surface area contributed by atoms with Crippen molar-refractivity contribution in [1.29, 1.82) is 0 Å². The van der Waals surface area contributed by atoms with E-state index in [0.29, 0.717) is 11.1 Å². The molecule has 2 rings (SSSR count). The summed E-state index contributed by atoms with van der Waals surface area (Å²) in [6.07, 6.45) is 4.02. The molecule has 0 aromatic heterocycles. The van der Waals surface area contributed by atoms with E-state index in [1.165, 1.54) is 11.6 Å². The number of carbonyl (C=O) groups is 2. The fourth-order valence-electron chi connectivity index (χ4n) is 2.30. The number of esters is 1. The number of ketones is 1. The van der Waals surface area contributed by atoms with Gasteiger partial charge in [0.15, 0.2) is 5.78 Å². The number of hydrogen-bond acceptors (Lipinski definition) is 3. The Morgan fingerprint density at radius 1 is 0.920 bits per heavy atom. The van der Waals surface area contributed by atoms with E-state index in [0.717, 1.165) is 12.0 Å². The predicted molar refractivity (Wildman–Crippen MR) is 101 cm³/mol. The lowest BCUT2D eigenvalue weighted by atomic mass is 10.0. The van der Waals surface area contributed by atoms with Crippen molar-refractivity contribution in [3.63, 3.8) is 0 Å². The van der Waals surface area contributed by atoms with Gasteiger partial charge in [0, 0.05) is 17.2 Å². The molecule has 0 radical (unpaired) electrons. The Hall–Kier alpha value is -2.68. The maximum atomic E-state index is 12.5. The first-order chi connectivity index (χ1) is 11.8. The molecule has 0 saturated carbocycles. The summed E-state index contributed by atoms with van der Waals surface area (Å²) in [4.78, 5) is 24.2. The van der Waals surface area contributed by atoms with E-state index in [-0.39, 0.29) is 11.8 Å². The molecule has 0 atom stereocenters. The standard InChI is InChI=1S/C22H24O3/c1-5-16-6-11-18(12-7-16)21(24)19-13-8-17(9-14-19)10-15-20(23)25-22(2,3)4/h6-15H,5H2,1-4H3/b15-10+. The van der Waals surface area contributed by atoms with Gasteiger partial charge in [-0.1, -0.05) is 55.5 Å². The Labute approximate surface area is 149 Å². The van der Waals surface area contributed by atoms with Crippen LogP contribution in [0.1, 0.15) is 54.7 Å². The van der Waals surface area contributed by atoms with E-state index in [1.807, 2.05) is 57.2 Å². The van der Waals surface area contributed by atoms with Crippen LogP contribution in [0.4, 0.5) is 0 Å². The van der Waals surface area contributed by atoms with Crippen molar-refractivity contribution in [2.24, 2.45) is 0 Å². The molecule has 0 saturated heterocycles. The van der Waals surface area contributed by atoms with Crippen LogP contribution in [-0.4, -0.2) is 17.4 Å². The number of ether oxygens (including phenoxy) is 1. The Morgan fingerprint density at radius 3 is 1.92 bits per heavy atom. The molecule has 2 aromatic rings. The highest BCUT2D eigenvalue weighted by Crippen LogP contribution is 2.14. The Balaban J connectivity index is 2.06. The third-order valence-corrected chi connectivity index (χ3v) is 3.62. The van der Waals surface area contributed by atoms with Gasteiger partial charge in [0.25, 0.3) is 0 Å². The number of hydrogen-bond donors (Lipinski definition) is 0. The van der Waals surface area contributed by atoms with Gasteiger partial charge in [0.05, 0.1) is 0 Å². The summed E-state index contributed by atoms with van der Waals surface area (Å²) in [5.74, 6) is -0.394. The second-order valence-electron chi connectivity index (χ2n) is 6.87. The molecule has 2 aromatic carbocycles. The fourth-order valence-corrected chi connectivity index (χ4v) is 2.30. The van der Waals surface area contributed by atoms with Crippen molar-refractivity contribution in [3.05, 3.63) is 76.9 Å². The first kappa shape index (κ1) is 18.7. The monoisotopic (exact) mass is 336 g/mol. The van der Waals surface area contributed by atoms with Crippen LogP contribution < -0.4 is 0 Å². The third-order valence-electron chi connectivity index (χ3n) is 3.62. The van der Waals surface area contributed by atoms with Crippen molar-refractivity contribution in [2.45, 2.75) is 39.7 Å². The minimum Gasteiger partial charge on any atom is -0.457 e. The molecule has 3 nitrogen and oxygen atoms in total. The number of benzene rings is 2. The van der Waals surface area contributed by atoms with Crippen LogP contribution in [0.2, 0.25) is 0 Å². The smallest absolute Gasteiger partial charge is 0.331 e. The Bertz CT molecular complexity index is 760. The summed E-state index contributed by atoms with van der Waals surface area (Å²) in [6, 6.07) is 14.8. The molecule has 25 heavy (non-hydrogen) atoms. The molecular formula is C22H24O3. The van der Waals surface area contributed by atoms with E-state index >= 15 is 0 Å². The van der Waals surface area contributed by atoms with Crippen LogP contribution >= 0.6 is 0 Å². The van der Waals surface area contributed by atoms with Gasteiger partial charge >= 0.3 is 5.97 Å². The average molecular weight is 336 g/mol. The molecule has 0 aliphatic rings. The van der Waals surface area contributed by atoms with Gasteiger partial charge in [-0.15, -0.1) is 0 Å². The molecule has 3 heteroatoms. The summed E-state index contributed by atoms with van der Waals surface area (Å²) in [5, 5.41) is 0. The Kier molecular flexibility index (Phi) is 5.92. The van der Waals surface area contributed by atoms with Crippen molar-refractivity contribution in [3.8, 4) is 0 Å². The predicted octanol–water partition coefficient (Wildman–Crippen LogP) is 4.83. The number of carbonyl (C=O) groups excluding carboxylic acids is 2. The zero-order chi connectivity index (χ0) is 18.4. The van der Waals surface area contributed by atoms with Gasteiger partial charge in [-0.3, -0.25) is 4.79 Å². The van der Waals surface area contributed by atoms with Crippen molar-refractivity contribution < 1.29 is 14.3 Å². The van der Waals surface area contributed by atoms with E-state index in [4.69, 9.17) is 4.74 Å². The van der Waals surface area contributed by atoms with Gasteiger partial charge in [0.1, 0.15) is 5.60 Å². The minimum atomic E-state index is -0.509. The van der Waals surface area contributed by atoms with Crippen LogP contribution in [0.15, 0.2) is 54.6 Å². The molecule has 0 heterocycles. The number of rotatable bonds is 5. The first-order valence-electron chi connectivity index (χ1n) is 8.43. The topological polar surface area (TPSA) is 43.4 Å². The zero-order valence-electron chi connectivity index (χ0n) is 15.2. The largest absolute Gasteiger partial charge is 0.457 e. The van der Waals surface area contributed by atoms with Crippen LogP contribution in [0.5, 0.6) is 0 Å². The minimum absolute atomic E-state index is 0.00896. The van der Waals surface area contributed by atoms with Crippen molar-refractivity contribution >= 4 is 17.8 Å². The highest BCUT2D eigenvalue weighted by Gasteiger charge is 2.14. The van der Waals surface area contributed by atoms with Gasteiger partial charge in [0.2, 0.25) is 0 Å². The molecule has 0 unspecified atom stereocenters. The lowest BCUT2D eigenvalue weighted by molar-refractivity contribution is -0.148. The maximum absolute atomic E-state index is 12.5. The number of aryl methyl sites for hydroxylation is 1. The van der Waals surface area contributed by atoms with Crippen LogP contribution in [0.3, 0.4) is 0 Å². The summed E-state index contributed by atoms with van der Waals surface area (Å²) >= 11 is 0. The SMILES string of the molecule is CCc1ccc(C(=O)c2ccc(/C=C/C(=O)OC(C)(C)C)cc2)cc1. The molecule has 0 N–H and O–H groups in total. The van der Waals surface area contributed by atoms with E-state index < -0.39 is 5.60 Å². The van der Waals surface area contributed by atoms with Crippen LogP contribution in [0.25, 0.3) is 6.08 Å². The quantitative estimate of drug-likeness (QED) is 0.446. The normalized spacial score (nSPS) is 11.5. The van der Waals surface area contributed by atoms with E-state index in [2.05, 4.69) is 6.92 Å². The van der Waals surface area contributed by atoms with Gasteiger partial charge < -0.3 is 4.74 Å².